The number of thioether (sulfide) groups is 1. The molecule has 10 nitrogen and oxygen atoms in total. The van der Waals surface area contributed by atoms with Gasteiger partial charge in [-0.05, 0) is 32.4 Å². The zero-order chi connectivity index (χ0) is 25.9. The average Bonchev–Trinajstić information content (AvgIpc) is 3.44. The van der Waals surface area contributed by atoms with Crippen LogP contribution in [0.5, 0.6) is 0 Å². The molecule has 0 saturated carbocycles. The van der Waals surface area contributed by atoms with Gasteiger partial charge in [-0.15, -0.1) is 16.9 Å². The van der Waals surface area contributed by atoms with Crippen molar-refractivity contribution in [1.29, 1.82) is 0 Å². The molecule has 2 amide bonds. The molecule has 37 heavy (non-hydrogen) atoms. The zero-order valence-corrected chi connectivity index (χ0v) is 21.5. The average molecular weight is 524 g/mol. The van der Waals surface area contributed by atoms with E-state index in [9.17, 15) is 19.5 Å². The number of benzene rings is 1. The van der Waals surface area contributed by atoms with Crippen LogP contribution in [0.4, 0.5) is 0 Å². The number of amides is 2. The Morgan fingerprint density at radius 2 is 1.97 bits per heavy atom. The number of carbonyl (C=O) groups is 3. The van der Waals surface area contributed by atoms with Gasteiger partial charge in [-0.2, -0.15) is 0 Å². The van der Waals surface area contributed by atoms with Crippen molar-refractivity contribution in [1.82, 2.24) is 24.8 Å². The van der Waals surface area contributed by atoms with E-state index >= 15 is 0 Å². The van der Waals surface area contributed by atoms with Gasteiger partial charge in [0.05, 0.1) is 41.4 Å². The first-order chi connectivity index (χ1) is 17.8. The number of cyclic esters (lactones) is 1. The van der Waals surface area contributed by atoms with Gasteiger partial charge in [0.2, 0.25) is 11.8 Å². The van der Waals surface area contributed by atoms with Gasteiger partial charge in [-0.3, -0.25) is 14.4 Å². The summed E-state index contributed by atoms with van der Waals surface area (Å²) in [5, 5.41) is 18.5. The molecule has 2 fully saturated rings. The van der Waals surface area contributed by atoms with E-state index in [2.05, 4.69) is 10.3 Å². The molecule has 11 heteroatoms. The summed E-state index contributed by atoms with van der Waals surface area (Å²) in [6.45, 7) is 4.11. The minimum absolute atomic E-state index is 0.157. The van der Waals surface area contributed by atoms with Crippen molar-refractivity contribution >= 4 is 40.6 Å². The number of esters is 1. The van der Waals surface area contributed by atoms with Crippen LogP contribution in [-0.2, 0) is 25.8 Å². The first-order valence-corrected chi connectivity index (χ1v) is 13.3. The number of aliphatic hydroxyl groups is 1. The Labute approximate surface area is 218 Å². The Bertz CT molecular complexity index is 1340. The lowest BCUT2D eigenvalue weighted by Gasteiger charge is -2.39. The smallest absolute Gasteiger partial charge is 0.311 e. The number of nitrogens with zero attached hydrogens (tertiary/aromatic N) is 5. The van der Waals surface area contributed by atoms with Crippen LogP contribution in [-0.4, -0.2) is 89.0 Å². The number of carbonyl (C=O) groups excluding carboxylic acids is 3. The molecule has 5 heterocycles. The molecule has 6 atom stereocenters. The molecule has 1 aromatic carbocycles. The highest BCUT2D eigenvalue weighted by molar-refractivity contribution is 8.02. The van der Waals surface area contributed by atoms with E-state index in [4.69, 9.17) is 4.74 Å². The van der Waals surface area contributed by atoms with Crippen molar-refractivity contribution < 1.29 is 24.2 Å². The molecule has 194 valence electrons. The van der Waals surface area contributed by atoms with E-state index < -0.39 is 39.4 Å². The maximum absolute atomic E-state index is 14.3. The highest BCUT2D eigenvalue weighted by atomic mass is 32.2. The molecule has 4 aliphatic rings. The number of aromatic nitrogens is 3. The van der Waals surface area contributed by atoms with Gasteiger partial charge in [0.15, 0.2) is 0 Å². The fourth-order valence-corrected chi connectivity index (χ4v) is 8.49. The third-order valence-corrected chi connectivity index (χ3v) is 9.80. The molecule has 6 rings (SSSR count). The Balaban J connectivity index is 1.44. The predicted octanol–water partition coefficient (Wildman–Crippen LogP) is 1.36. The van der Waals surface area contributed by atoms with Crippen molar-refractivity contribution in [3.8, 4) is 0 Å². The van der Waals surface area contributed by atoms with E-state index in [0.717, 1.165) is 11.0 Å². The topological polar surface area (TPSA) is 118 Å². The summed E-state index contributed by atoms with van der Waals surface area (Å²) in [6, 6.07) is 6.03. The monoisotopic (exact) mass is 523 g/mol. The minimum Gasteiger partial charge on any atom is -0.465 e. The van der Waals surface area contributed by atoms with Crippen molar-refractivity contribution in [3.63, 3.8) is 0 Å². The van der Waals surface area contributed by atoms with Gasteiger partial charge in [-0.25, -0.2) is 4.68 Å². The van der Waals surface area contributed by atoms with Crippen LogP contribution < -0.4 is 0 Å². The maximum Gasteiger partial charge on any atom is 0.311 e. The number of hydrogen-bond donors (Lipinski definition) is 1. The lowest BCUT2D eigenvalue weighted by Crippen LogP contribution is -2.56. The third kappa shape index (κ3) is 3.47. The van der Waals surface area contributed by atoms with E-state index in [0.29, 0.717) is 13.0 Å². The molecule has 1 N–H and O–H groups in total. The number of ether oxygens (including phenoxy) is 1. The number of rotatable bonds is 4. The summed E-state index contributed by atoms with van der Waals surface area (Å²) in [4.78, 5) is 44.9. The predicted molar refractivity (Wildman–Crippen MR) is 136 cm³/mol. The Hall–Kier alpha value is -3.18. The van der Waals surface area contributed by atoms with Crippen molar-refractivity contribution in [2.75, 3.05) is 19.8 Å². The van der Waals surface area contributed by atoms with Crippen LogP contribution in [0.3, 0.4) is 0 Å². The van der Waals surface area contributed by atoms with Crippen LogP contribution in [0, 0.1) is 11.8 Å². The van der Waals surface area contributed by atoms with E-state index in [1.165, 1.54) is 16.7 Å². The minimum atomic E-state index is -0.982. The lowest BCUT2D eigenvalue weighted by molar-refractivity contribution is -0.154. The SMILES string of the molecule is C[C@H](CO)N1C(=O)[C@@H]2[C@@H]3C(=O)OCCC=C[C@]3(C)S[C@@]23C=CCN(Cn2nnc4ccccc42)C(=O)C13. The first kappa shape index (κ1) is 24.2. The number of aliphatic hydroxyl groups excluding tert-OH is 1. The summed E-state index contributed by atoms with van der Waals surface area (Å²) in [6.07, 6.45) is 8.45. The number of fused-ring (bicyclic) bond motifs is 3. The number of hydrogen-bond acceptors (Lipinski definition) is 8. The summed E-state index contributed by atoms with van der Waals surface area (Å²) >= 11 is 1.49. The second kappa shape index (κ2) is 8.70. The molecule has 0 radical (unpaired) electrons. The molecular weight excluding hydrogens is 494 g/mol. The Morgan fingerprint density at radius 3 is 2.78 bits per heavy atom. The van der Waals surface area contributed by atoms with Crippen LogP contribution in [0.1, 0.15) is 20.3 Å². The van der Waals surface area contributed by atoms with Crippen molar-refractivity contribution in [2.24, 2.45) is 11.8 Å². The fourth-order valence-electron chi connectivity index (χ4n) is 6.35. The van der Waals surface area contributed by atoms with E-state index in [-0.39, 0.29) is 31.7 Å². The van der Waals surface area contributed by atoms with Crippen molar-refractivity contribution in [2.45, 2.75) is 48.5 Å². The summed E-state index contributed by atoms with van der Waals surface area (Å²) in [5.74, 6) is -2.50. The standard InChI is InChI=1S/C26H29N5O5S/c1-16(14-32)31-21-23(34)29(15-30-18-9-4-3-8-17(18)27-28-30)12-7-11-26(21)19(22(31)33)20-24(35)36-13-6-5-10-25(20,2)37-26/h3-5,7-11,16,19-21,32H,6,12-15H2,1-2H3/t16-,19+,20-,21?,25+,26+/m1/s1. The van der Waals surface area contributed by atoms with Gasteiger partial charge in [0, 0.05) is 11.3 Å². The second-order valence-electron chi connectivity index (χ2n) is 10.3. The fraction of sp³-hybridized carbons (Fsp3) is 0.500. The van der Waals surface area contributed by atoms with Crippen LogP contribution >= 0.6 is 11.8 Å². The Morgan fingerprint density at radius 1 is 1.16 bits per heavy atom. The molecule has 2 aromatic rings. The first-order valence-electron chi connectivity index (χ1n) is 12.5. The quantitative estimate of drug-likeness (QED) is 0.472. The van der Waals surface area contributed by atoms with E-state index in [1.54, 1.807) is 16.5 Å². The molecule has 2 saturated heterocycles. The van der Waals surface area contributed by atoms with Gasteiger partial charge >= 0.3 is 5.97 Å². The van der Waals surface area contributed by atoms with Crippen molar-refractivity contribution in [3.05, 3.63) is 48.6 Å². The van der Waals surface area contributed by atoms with Crippen LogP contribution in [0.15, 0.2) is 48.6 Å². The number of para-hydroxylation sites is 1. The summed E-state index contributed by atoms with van der Waals surface area (Å²) < 4.78 is 5.52. The summed E-state index contributed by atoms with van der Waals surface area (Å²) in [7, 11) is 0. The van der Waals surface area contributed by atoms with Gasteiger partial charge in [-0.1, -0.05) is 41.7 Å². The van der Waals surface area contributed by atoms with Crippen LogP contribution in [0.25, 0.3) is 11.0 Å². The number of likely N-dealkylation sites (tertiary alicyclic amines) is 1. The molecule has 1 aromatic heterocycles. The third-order valence-electron chi connectivity index (χ3n) is 8.00. The highest BCUT2D eigenvalue weighted by Gasteiger charge is 2.74. The lowest BCUT2D eigenvalue weighted by atomic mass is 9.74. The van der Waals surface area contributed by atoms with Crippen LogP contribution in [0.2, 0.25) is 0 Å². The summed E-state index contributed by atoms with van der Waals surface area (Å²) in [5.41, 5.74) is 1.53. The molecule has 1 spiro atoms. The second-order valence-corrected chi connectivity index (χ2v) is 12.1. The Kier molecular flexibility index (Phi) is 5.68. The van der Waals surface area contributed by atoms with Gasteiger partial charge < -0.3 is 19.6 Å². The molecular formula is C26H29N5O5S. The molecule has 4 aliphatic heterocycles. The van der Waals surface area contributed by atoms with E-state index in [1.807, 2.05) is 55.5 Å². The van der Waals surface area contributed by atoms with Gasteiger partial charge in [0.1, 0.15) is 18.2 Å². The largest absolute Gasteiger partial charge is 0.465 e. The molecule has 1 unspecified atom stereocenters. The molecule has 0 bridgehead atoms. The normalized spacial score (nSPS) is 34.0. The zero-order valence-electron chi connectivity index (χ0n) is 20.7. The molecule has 0 aliphatic carbocycles. The maximum atomic E-state index is 14.3. The highest BCUT2D eigenvalue weighted by Crippen LogP contribution is 2.65. The van der Waals surface area contributed by atoms with Gasteiger partial charge in [0.25, 0.3) is 0 Å².